The maximum atomic E-state index is 5.89. The summed E-state index contributed by atoms with van der Waals surface area (Å²) in [7, 11) is 1.96. The summed E-state index contributed by atoms with van der Waals surface area (Å²) in [5.74, 6) is 0. The maximum absolute atomic E-state index is 5.89. The highest BCUT2D eigenvalue weighted by Crippen LogP contribution is 2.31. The van der Waals surface area contributed by atoms with Crippen LogP contribution in [0.2, 0.25) is 5.02 Å². The largest absolute Gasteiger partial charge is 0.316 e. The molecule has 2 aromatic carbocycles. The van der Waals surface area contributed by atoms with Gasteiger partial charge < -0.3 is 5.32 Å². The number of nitrogens with one attached hydrogen (secondary N) is 1. The Bertz CT molecular complexity index is 523. The van der Waals surface area contributed by atoms with Crippen molar-refractivity contribution < 1.29 is 0 Å². The summed E-state index contributed by atoms with van der Waals surface area (Å²) < 4.78 is 0. The summed E-state index contributed by atoms with van der Waals surface area (Å²) in [6.07, 6.45) is 0. The van der Waals surface area contributed by atoms with Crippen molar-refractivity contribution in [3.63, 3.8) is 0 Å². The first-order chi connectivity index (χ1) is 8.69. The molecule has 18 heavy (non-hydrogen) atoms. The molecular weight excluding hydrogens is 262 g/mol. The zero-order valence-electron chi connectivity index (χ0n) is 10.5. The van der Waals surface area contributed by atoms with Gasteiger partial charge in [-0.15, -0.1) is 0 Å². The Hall–Kier alpha value is -0.960. The van der Waals surface area contributed by atoms with Crippen molar-refractivity contribution in [1.29, 1.82) is 0 Å². The van der Waals surface area contributed by atoms with E-state index in [0.717, 1.165) is 11.6 Å². The van der Waals surface area contributed by atoms with Crippen LogP contribution < -0.4 is 5.32 Å². The molecule has 3 heteroatoms. The van der Waals surface area contributed by atoms with Gasteiger partial charge in [0.2, 0.25) is 0 Å². The van der Waals surface area contributed by atoms with Gasteiger partial charge in [0.05, 0.1) is 0 Å². The fraction of sp³-hybridized carbons (Fsp3) is 0.200. The Kier molecular flexibility index (Phi) is 4.70. The molecular formula is C15H16ClNS. The Labute approximate surface area is 118 Å². The number of benzene rings is 2. The Morgan fingerprint density at radius 1 is 1.11 bits per heavy atom. The second-order valence-electron chi connectivity index (χ2n) is 4.19. The van der Waals surface area contributed by atoms with Gasteiger partial charge in [-0.05, 0) is 55.4 Å². The fourth-order valence-corrected chi connectivity index (χ4v) is 2.78. The van der Waals surface area contributed by atoms with Crippen LogP contribution in [0.5, 0.6) is 0 Å². The van der Waals surface area contributed by atoms with E-state index in [1.807, 2.05) is 31.3 Å². The second kappa shape index (κ2) is 6.28. The van der Waals surface area contributed by atoms with Crippen LogP contribution in [0.1, 0.15) is 11.1 Å². The molecule has 1 nitrogen and oxygen atoms in total. The number of hydrogen-bond acceptors (Lipinski definition) is 2. The van der Waals surface area contributed by atoms with Gasteiger partial charge in [-0.2, -0.15) is 0 Å². The molecule has 0 fully saturated rings. The van der Waals surface area contributed by atoms with E-state index in [9.17, 15) is 0 Å². The van der Waals surface area contributed by atoms with Crippen LogP contribution in [0.25, 0.3) is 0 Å². The van der Waals surface area contributed by atoms with Gasteiger partial charge in [0.25, 0.3) is 0 Å². The molecule has 1 N–H and O–H groups in total. The SMILES string of the molecule is CNCc1ccc(Sc2ccc(Cl)cc2)c(C)c1. The molecule has 0 aliphatic heterocycles. The van der Waals surface area contributed by atoms with Gasteiger partial charge in [0, 0.05) is 21.4 Å². The second-order valence-corrected chi connectivity index (χ2v) is 5.74. The van der Waals surface area contributed by atoms with Gasteiger partial charge in [-0.25, -0.2) is 0 Å². The predicted molar refractivity (Wildman–Crippen MR) is 79.5 cm³/mol. The minimum absolute atomic E-state index is 0.778. The van der Waals surface area contributed by atoms with E-state index in [0.29, 0.717) is 0 Å². The number of halogens is 1. The van der Waals surface area contributed by atoms with Crippen molar-refractivity contribution in [2.75, 3.05) is 7.05 Å². The molecule has 0 aromatic heterocycles. The summed E-state index contributed by atoms with van der Waals surface area (Å²) in [6.45, 7) is 3.06. The third kappa shape index (κ3) is 3.52. The first-order valence-corrected chi connectivity index (χ1v) is 7.06. The van der Waals surface area contributed by atoms with E-state index in [4.69, 9.17) is 11.6 Å². The molecule has 94 valence electrons. The number of rotatable bonds is 4. The van der Waals surface area contributed by atoms with E-state index in [1.54, 1.807) is 11.8 Å². The van der Waals surface area contributed by atoms with E-state index < -0.39 is 0 Å². The normalized spacial score (nSPS) is 10.6. The van der Waals surface area contributed by atoms with Gasteiger partial charge >= 0.3 is 0 Å². The molecule has 0 amide bonds. The van der Waals surface area contributed by atoms with Crippen LogP contribution in [0.4, 0.5) is 0 Å². The third-order valence-corrected chi connectivity index (χ3v) is 4.10. The Balaban J connectivity index is 2.16. The summed E-state index contributed by atoms with van der Waals surface area (Å²) in [6, 6.07) is 14.5. The van der Waals surface area contributed by atoms with Crippen molar-refractivity contribution in [2.24, 2.45) is 0 Å². The lowest BCUT2D eigenvalue weighted by Gasteiger charge is -2.08. The van der Waals surface area contributed by atoms with E-state index in [-0.39, 0.29) is 0 Å². The minimum Gasteiger partial charge on any atom is -0.316 e. The molecule has 0 aliphatic rings. The molecule has 0 saturated heterocycles. The molecule has 0 aliphatic carbocycles. The van der Waals surface area contributed by atoms with Crippen LogP contribution >= 0.6 is 23.4 Å². The van der Waals surface area contributed by atoms with Crippen LogP contribution in [-0.2, 0) is 6.54 Å². The molecule has 0 spiro atoms. The third-order valence-electron chi connectivity index (χ3n) is 2.66. The average Bonchev–Trinajstić information content (AvgIpc) is 2.36. The molecule has 0 radical (unpaired) electrons. The standard InChI is InChI=1S/C15H16ClNS/c1-11-9-12(10-17-2)3-8-15(11)18-14-6-4-13(16)5-7-14/h3-9,17H,10H2,1-2H3. The van der Waals surface area contributed by atoms with Gasteiger partial charge in [-0.1, -0.05) is 35.5 Å². The van der Waals surface area contributed by atoms with Gasteiger partial charge in [-0.3, -0.25) is 0 Å². The topological polar surface area (TPSA) is 12.0 Å². The lowest BCUT2D eigenvalue weighted by atomic mass is 10.1. The van der Waals surface area contributed by atoms with E-state index in [1.165, 1.54) is 20.9 Å². The molecule has 0 saturated carbocycles. The van der Waals surface area contributed by atoms with Crippen LogP contribution in [-0.4, -0.2) is 7.05 Å². The number of hydrogen-bond donors (Lipinski definition) is 1. The Morgan fingerprint density at radius 3 is 2.44 bits per heavy atom. The molecule has 0 heterocycles. The average molecular weight is 278 g/mol. The fourth-order valence-electron chi connectivity index (χ4n) is 1.77. The Morgan fingerprint density at radius 2 is 1.83 bits per heavy atom. The van der Waals surface area contributed by atoms with Crippen molar-refractivity contribution in [1.82, 2.24) is 5.32 Å². The summed E-state index contributed by atoms with van der Waals surface area (Å²) >= 11 is 7.66. The molecule has 2 rings (SSSR count). The first kappa shape index (κ1) is 13.5. The predicted octanol–water partition coefficient (Wildman–Crippen LogP) is 4.52. The number of aryl methyl sites for hydroxylation is 1. The quantitative estimate of drug-likeness (QED) is 0.882. The van der Waals surface area contributed by atoms with Crippen molar-refractivity contribution in [3.8, 4) is 0 Å². The van der Waals surface area contributed by atoms with Gasteiger partial charge in [0.15, 0.2) is 0 Å². The van der Waals surface area contributed by atoms with Crippen LogP contribution in [0.3, 0.4) is 0 Å². The molecule has 0 bridgehead atoms. The zero-order valence-corrected chi connectivity index (χ0v) is 12.1. The van der Waals surface area contributed by atoms with Crippen LogP contribution in [0.15, 0.2) is 52.3 Å². The van der Waals surface area contributed by atoms with E-state index >= 15 is 0 Å². The highest BCUT2D eigenvalue weighted by atomic mass is 35.5. The van der Waals surface area contributed by atoms with Crippen molar-refractivity contribution >= 4 is 23.4 Å². The molecule has 0 atom stereocenters. The maximum Gasteiger partial charge on any atom is 0.0406 e. The van der Waals surface area contributed by atoms with E-state index in [2.05, 4.69) is 30.4 Å². The summed E-state index contributed by atoms with van der Waals surface area (Å²) in [4.78, 5) is 2.50. The van der Waals surface area contributed by atoms with Crippen molar-refractivity contribution in [3.05, 3.63) is 58.6 Å². The first-order valence-electron chi connectivity index (χ1n) is 5.86. The zero-order chi connectivity index (χ0) is 13.0. The highest BCUT2D eigenvalue weighted by molar-refractivity contribution is 7.99. The summed E-state index contributed by atoms with van der Waals surface area (Å²) in [5.41, 5.74) is 2.62. The van der Waals surface area contributed by atoms with Crippen molar-refractivity contribution in [2.45, 2.75) is 23.3 Å². The molecule has 0 unspecified atom stereocenters. The molecule has 2 aromatic rings. The van der Waals surface area contributed by atoms with Crippen LogP contribution in [0, 0.1) is 6.92 Å². The monoisotopic (exact) mass is 277 g/mol. The minimum atomic E-state index is 0.778. The smallest absolute Gasteiger partial charge is 0.0406 e. The lowest BCUT2D eigenvalue weighted by molar-refractivity contribution is 0.815. The highest BCUT2D eigenvalue weighted by Gasteiger charge is 2.02. The summed E-state index contributed by atoms with van der Waals surface area (Å²) in [5, 5.41) is 3.94. The van der Waals surface area contributed by atoms with Gasteiger partial charge in [0.1, 0.15) is 0 Å². The lowest BCUT2D eigenvalue weighted by Crippen LogP contribution is -2.05.